The second kappa shape index (κ2) is 4.94. The molecule has 1 heterocycles. The Hall–Kier alpha value is -1.26. The van der Waals surface area contributed by atoms with Gasteiger partial charge in [0.25, 0.3) is 0 Å². The van der Waals surface area contributed by atoms with Crippen molar-refractivity contribution in [1.82, 2.24) is 10.2 Å². The molecule has 0 spiro atoms. The molecule has 4 N–H and O–H groups in total. The summed E-state index contributed by atoms with van der Waals surface area (Å²) >= 11 is 0. The summed E-state index contributed by atoms with van der Waals surface area (Å²) in [6, 6.07) is 3.95. The summed E-state index contributed by atoms with van der Waals surface area (Å²) < 4.78 is 0. The predicted octanol–water partition coefficient (Wildman–Crippen LogP) is 1.25. The van der Waals surface area contributed by atoms with Gasteiger partial charge in [-0.15, -0.1) is 0 Å². The second-order valence-corrected chi connectivity index (χ2v) is 4.70. The Morgan fingerprint density at radius 3 is 2.65 bits per heavy atom. The van der Waals surface area contributed by atoms with Crippen LogP contribution in [0.4, 0.5) is 5.69 Å². The second-order valence-electron chi connectivity index (χ2n) is 4.70. The molecule has 1 aromatic carbocycles. The Labute approximate surface area is 102 Å². The van der Waals surface area contributed by atoms with Crippen LogP contribution in [0.25, 0.3) is 0 Å². The van der Waals surface area contributed by atoms with Crippen molar-refractivity contribution in [2.75, 3.05) is 31.9 Å². The van der Waals surface area contributed by atoms with E-state index in [2.05, 4.69) is 17.1 Å². The molecule has 4 heteroatoms. The summed E-state index contributed by atoms with van der Waals surface area (Å²) in [5.74, 6) is 0.246. The maximum absolute atomic E-state index is 10.1. The third-order valence-corrected chi connectivity index (χ3v) is 3.58. The van der Waals surface area contributed by atoms with E-state index < -0.39 is 0 Å². The molecule has 17 heavy (non-hydrogen) atoms. The van der Waals surface area contributed by atoms with Gasteiger partial charge in [-0.1, -0.05) is 6.07 Å². The highest BCUT2D eigenvalue weighted by molar-refractivity contribution is 5.59. The lowest BCUT2D eigenvalue weighted by molar-refractivity contribution is 0.182. The molecule has 0 unspecified atom stereocenters. The van der Waals surface area contributed by atoms with Crippen LogP contribution in [-0.4, -0.2) is 36.2 Å². The van der Waals surface area contributed by atoms with E-state index in [1.807, 2.05) is 13.0 Å². The number of phenolic OH excluding ortho intramolecular Hbond substituents is 1. The fourth-order valence-electron chi connectivity index (χ4n) is 2.51. The van der Waals surface area contributed by atoms with Gasteiger partial charge >= 0.3 is 0 Å². The molecule has 1 aromatic rings. The lowest BCUT2D eigenvalue weighted by atomic mass is 9.98. The van der Waals surface area contributed by atoms with Crippen LogP contribution in [0.3, 0.4) is 0 Å². The van der Waals surface area contributed by atoms with E-state index in [9.17, 15) is 5.11 Å². The van der Waals surface area contributed by atoms with E-state index in [-0.39, 0.29) is 11.8 Å². The van der Waals surface area contributed by atoms with Crippen LogP contribution in [0.15, 0.2) is 12.1 Å². The number of nitrogens with zero attached hydrogens (tertiary/aromatic N) is 1. The van der Waals surface area contributed by atoms with Gasteiger partial charge in [0.15, 0.2) is 0 Å². The van der Waals surface area contributed by atoms with E-state index in [1.54, 1.807) is 6.07 Å². The van der Waals surface area contributed by atoms with Crippen molar-refractivity contribution < 1.29 is 5.11 Å². The van der Waals surface area contributed by atoms with Crippen molar-refractivity contribution in [2.45, 2.75) is 19.9 Å². The number of anilines is 1. The molecule has 0 aromatic heterocycles. The van der Waals surface area contributed by atoms with Gasteiger partial charge in [0.1, 0.15) is 5.75 Å². The van der Waals surface area contributed by atoms with Gasteiger partial charge in [0, 0.05) is 37.8 Å². The average molecular weight is 235 g/mol. The van der Waals surface area contributed by atoms with Crippen LogP contribution in [0, 0.1) is 6.92 Å². The van der Waals surface area contributed by atoms with Gasteiger partial charge < -0.3 is 16.2 Å². The number of hydrogen-bond donors (Lipinski definition) is 3. The minimum Gasteiger partial charge on any atom is -0.505 e. The SMILES string of the molecule is Cc1ccc(N)c(O)c1[C@H](C)N1CCNCC1. The minimum absolute atomic E-state index is 0.209. The van der Waals surface area contributed by atoms with Crippen molar-refractivity contribution in [2.24, 2.45) is 0 Å². The number of nitrogens with two attached hydrogens (primary N) is 1. The standard InChI is InChI=1S/C13H21N3O/c1-9-3-4-11(14)13(17)12(9)10(2)16-7-5-15-6-8-16/h3-4,10,15,17H,5-8,14H2,1-2H3/t10-/m0/s1. The number of benzene rings is 1. The molecule has 0 bridgehead atoms. The van der Waals surface area contributed by atoms with Gasteiger partial charge in [0.2, 0.25) is 0 Å². The molecule has 1 fully saturated rings. The first kappa shape index (κ1) is 12.2. The Morgan fingerprint density at radius 1 is 1.35 bits per heavy atom. The fraction of sp³-hybridized carbons (Fsp3) is 0.538. The molecule has 4 nitrogen and oxygen atoms in total. The zero-order valence-electron chi connectivity index (χ0n) is 10.5. The number of rotatable bonds is 2. The summed E-state index contributed by atoms with van der Waals surface area (Å²) in [5.41, 5.74) is 8.31. The molecule has 2 rings (SSSR count). The van der Waals surface area contributed by atoms with Crippen LogP contribution in [0.5, 0.6) is 5.75 Å². The number of aryl methyl sites for hydroxylation is 1. The van der Waals surface area contributed by atoms with Crippen LogP contribution >= 0.6 is 0 Å². The molecule has 94 valence electrons. The largest absolute Gasteiger partial charge is 0.505 e. The number of hydrogen-bond acceptors (Lipinski definition) is 4. The van der Waals surface area contributed by atoms with E-state index in [4.69, 9.17) is 5.73 Å². The number of piperazine rings is 1. The van der Waals surface area contributed by atoms with E-state index in [0.29, 0.717) is 5.69 Å². The molecule has 0 aliphatic carbocycles. The quantitative estimate of drug-likeness (QED) is 0.533. The highest BCUT2D eigenvalue weighted by atomic mass is 16.3. The van der Waals surface area contributed by atoms with E-state index in [1.165, 1.54) is 0 Å². The van der Waals surface area contributed by atoms with Crippen molar-refractivity contribution in [3.05, 3.63) is 23.3 Å². The van der Waals surface area contributed by atoms with Gasteiger partial charge in [0.05, 0.1) is 5.69 Å². The van der Waals surface area contributed by atoms with Crippen LogP contribution in [0.2, 0.25) is 0 Å². The van der Waals surface area contributed by atoms with Gasteiger partial charge in [-0.2, -0.15) is 0 Å². The highest BCUT2D eigenvalue weighted by Crippen LogP contribution is 2.35. The van der Waals surface area contributed by atoms with Crippen molar-refractivity contribution in [1.29, 1.82) is 0 Å². The lowest BCUT2D eigenvalue weighted by Crippen LogP contribution is -2.44. The smallest absolute Gasteiger partial charge is 0.143 e. The molecule has 0 radical (unpaired) electrons. The summed E-state index contributed by atoms with van der Waals surface area (Å²) in [4.78, 5) is 2.37. The molecular formula is C13H21N3O. The monoisotopic (exact) mass is 235 g/mol. The van der Waals surface area contributed by atoms with Crippen molar-refractivity contribution >= 4 is 5.69 Å². The Morgan fingerprint density at radius 2 is 2.00 bits per heavy atom. The van der Waals surface area contributed by atoms with Crippen molar-refractivity contribution in [3.8, 4) is 5.75 Å². The summed E-state index contributed by atoms with van der Waals surface area (Å²) in [6.07, 6.45) is 0. The number of nitrogen functional groups attached to an aromatic ring is 1. The van der Waals surface area contributed by atoms with E-state index in [0.717, 1.165) is 37.3 Å². The third-order valence-electron chi connectivity index (χ3n) is 3.58. The summed E-state index contributed by atoms with van der Waals surface area (Å²) in [5, 5.41) is 13.4. The summed E-state index contributed by atoms with van der Waals surface area (Å²) in [6.45, 7) is 8.18. The van der Waals surface area contributed by atoms with Crippen LogP contribution in [0.1, 0.15) is 24.1 Å². The van der Waals surface area contributed by atoms with Crippen LogP contribution < -0.4 is 11.1 Å². The van der Waals surface area contributed by atoms with Gasteiger partial charge in [-0.3, -0.25) is 4.90 Å². The maximum Gasteiger partial charge on any atom is 0.143 e. The molecular weight excluding hydrogens is 214 g/mol. The number of phenols is 1. The molecule has 1 saturated heterocycles. The summed E-state index contributed by atoms with van der Waals surface area (Å²) in [7, 11) is 0. The van der Waals surface area contributed by atoms with Crippen molar-refractivity contribution in [3.63, 3.8) is 0 Å². The normalized spacial score (nSPS) is 19.2. The Kier molecular flexibility index (Phi) is 3.54. The molecule has 1 aliphatic heterocycles. The van der Waals surface area contributed by atoms with Gasteiger partial charge in [-0.05, 0) is 25.5 Å². The third kappa shape index (κ3) is 2.37. The zero-order chi connectivity index (χ0) is 12.4. The topological polar surface area (TPSA) is 61.5 Å². The molecule has 0 amide bonds. The molecule has 1 atom stereocenters. The molecule has 1 aliphatic rings. The Balaban J connectivity index is 2.29. The first-order valence-corrected chi connectivity index (χ1v) is 6.14. The zero-order valence-corrected chi connectivity index (χ0v) is 10.5. The lowest BCUT2D eigenvalue weighted by Gasteiger charge is -2.34. The Bertz CT molecular complexity index is 400. The predicted molar refractivity (Wildman–Crippen MR) is 70.1 cm³/mol. The van der Waals surface area contributed by atoms with Crippen LogP contribution in [-0.2, 0) is 0 Å². The fourth-order valence-corrected chi connectivity index (χ4v) is 2.51. The highest BCUT2D eigenvalue weighted by Gasteiger charge is 2.22. The number of nitrogens with one attached hydrogen (secondary N) is 1. The first-order chi connectivity index (χ1) is 8.11. The first-order valence-electron chi connectivity index (χ1n) is 6.14. The minimum atomic E-state index is 0.209. The maximum atomic E-state index is 10.1. The molecule has 0 saturated carbocycles. The number of aromatic hydroxyl groups is 1. The van der Waals surface area contributed by atoms with E-state index >= 15 is 0 Å². The average Bonchev–Trinajstić information content (AvgIpc) is 2.35. The van der Waals surface area contributed by atoms with Gasteiger partial charge in [-0.25, -0.2) is 0 Å².